The molecule has 1 aliphatic rings. The van der Waals surface area contributed by atoms with Crippen LogP contribution in [0.4, 0.5) is 0 Å². The Morgan fingerprint density at radius 2 is 1.85 bits per heavy atom. The molecule has 2 nitrogen and oxygen atoms in total. The molecule has 3 atom stereocenters. The van der Waals surface area contributed by atoms with Gasteiger partial charge in [-0.15, -0.1) is 0 Å². The zero-order chi connectivity index (χ0) is 14.5. The molecule has 112 valence electrons. The van der Waals surface area contributed by atoms with Crippen molar-refractivity contribution in [2.45, 2.75) is 65.2 Å². The van der Waals surface area contributed by atoms with Crippen molar-refractivity contribution in [3.8, 4) is 0 Å². The molecule has 0 radical (unpaired) electrons. The maximum atomic E-state index is 5.85. The van der Waals surface area contributed by atoms with Crippen molar-refractivity contribution in [2.24, 2.45) is 5.92 Å². The van der Waals surface area contributed by atoms with E-state index in [0.717, 1.165) is 18.9 Å². The highest BCUT2D eigenvalue weighted by Crippen LogP contribution is 2.20. The van der Waals surface area contributed by atoms with Gasteiger partial charge in [0.25, 0.3) is 0 Å². The van der Waals surface area contributed by atoms with Crippen LogP contribution < -0.4 is 5.32 Å². The lowest BCUT2D eigenvalue weighted by molar-refractivity contribution is 0.0546. The number of rotatable bonds is 6. The van der Waals surface area contributed by atoms with Gasteiger partial charge in [0.2, 0.25) is 0 Å². The van der Waals surface area contributed by atoms with Gasteiger partial charge in [-0.2, -0.15) is 0 Å². The molecule has 0 spiro atoms. The standard InChI is InChI=1S/C18H29NO/c1-13(2)11-16-6-8-17(9-7-16)15(4)19-12-18-10-5-14(3)20-18/h6-9,13-15,18-19H,5,10-12H2,1-4H3. The number of nitrogens with one attached hydrogen (secondary N) is 1. The average Bonchev–Trinajstić information content (AvgIpc) is 2.82. The summed E-state index contributed by atoms with van der Waals surface area (Å²) < 4.78 is 5.85. The highest BCUT2D eigenvalue weighted by atomic mass is 16.5. The SMILES string of the molecule is CC(C)Cc1ccc(C(C)NCC2CCC(C)O2)cc1. The monoisotopic (exact) mass is 275 g/mol. The van der Waals surface area contributed by atoms with E-state index in [9.17, 15) is 0 Å². The lowest BCUT2D eigenvalue weighted by atomic mass is 10.00. The van der Waals surface area contributed by atoms with Gasteiger partial charge in [-0.1, -0.05) is 38.1 Å². The summed E-state index contributed by atoms with van der Waals surface area (Å²) in [6.45, 7) is 9.88. The van der Waals surface area contributed by atoms with Gasteiger partial charge in [0.1, 0.15) is 0 Å². The fourth-order valence-electron chi connectivity index (χ4n) is 2.88. The van der Waals surface area contributed by atoms with Crippen molar-refractivity contribution in [2.75, 3.05) is 6.54 Å². The van der Waals surface area contributed by atoms with Crippen LogP contribution in [-0.2, 0) is 11.2 Å². The molecule has 1 aromatic carbocycles. The van der Waals surface area contributed by atoms with Gasteiger partial charge in [-0.05, 0) is 50.2 Å². The summed E-state index contributed by atoms with van der Waals surface area (Å²) in [7, 11) is 0. The summed E-state index contributed by atoms with van der Waals surface area (Å²) in [4.78, 5) is 0. The van der Waals surface area contributed by atoms with E-state index in [-0.39, 0.29) is 0 Å². The van der Waals surface area contributed by atoms with Gasteiger partial charge in [0.15, 0.2) is 0 Å². The number of benzene rings is 1. The fourth-order valence-corrected chi connectivity index (χ4v) is 2.88. The van der Waals surface area contributed by atoms with Crippen LogP contribution >= 0.6 is 0 Å². The molecule has 0 aliphatic carbocycles. The van der Waals surface area contributed by atoms with Crippen molar-refractivity contribution in [1.29, 1.82) is 0 Å². The summed E-state index contributed by atoms with van der Waals surface area (Å²) in [5.41, 5.74) is 2.80. The summed E-state index contributed by atoms with van der Waals surface area (Å²) in [6, 6.07) is 9.44. The Morgan fingerprint density at radius 3 is 2.40 bits per heavy atom. The molecule has 0 aromatic heterocycles. The van der Waals surface area contributed by atoms with Crippen molar-refractivity contribution in [1.82, 2.24) is 5.32 Å². The molecule has 2 rings (SSSR count). The minimum Gasteiger partial charge on any atom is -0.374 e. The van der Waals surface area contributed by atoms with Crippen LogP contribution in [0.3, 0.4) is 0 Å². The maximum Gasteiger partial charge on any atom is 0.0704 e. The third-order valence-corrected chi connectivity index (χ3v) is 4.10. The van der Waals surface area contributed by atoms with E-state index in [1.165, 1.54) is 24.0 Å². The molecule has 1 fully saturated rings. The zero-order valence-electron chi connectivity index (χ0n) is 13.4. The topological polar surface area (TPSA) is 21.3 Å². The first-order valence-corrected chi connectivity index (χ1v) is 8.02. The smallest absolute Gasteiger partial charge is 0.0704 e. The molecule has 1 aliphatic heterocycles. The summed E-state index contributed by atoms with van der Waals surface area (Å²) in [6.07, 6.45) is 4.38. The Morgan fingerprint density at radius 1 is 1.15 bits per heavy atom. The fraction of sp³-hybridized carbons (Fsp3) is 0.667. The Balaban J connectivity index is 1.81. The van der Waals surface area contributed by atoms with Crippen molar-refractivity contribution in [3.05, 3.63) is 35.4 Å². The molecule has 0 amide bonds. The number of hydrogen-bond donors (Lipinski definition) is 1. The van der Waals surface area contributed by atoms with Crippen LogP contribution in [0.25, 0.3) is 0 Å². The normalized spacial score (nSPS) is 24.2. The van der Waals surface area contributed by atoms with Crippen LogP contribution in [0.5, 0.6) is 0 Å². The van der Waals surface area contributed by atoms with Gasteiger partial charge in [-0.25, -0.2) is 0 Å². The Bertz CT molecular complexity index is 398. The molecule has 1 aromatic rings. The Kier molecular flexibility index (Phi) is 5.62. The first-order valence-electron chi connectivity index (χ1n) is 8.02. The van der Waals surface area contributed by atoms with Crippen molar-refractivity contribution >= 4 is 0 Å². The molecule has 0 bridgehead atoms. The molecule has 2 heteroatoms. The number of ether oxygens (including phenoxy) is 1. The average molecular weight is 275 g/mol. The van der Waals surface area contributed by atoms with Crippen LogP contribution in [0.1, 0.15) is 57.7 Å². The molecular formula is C18H29NO. The molecule has 1 saturated heterocycles. The first-order chi connectivity index (χ1) is 9.54. The van der Waals surface area contributed by atoms with E-state index >= 15 is 0 Å². The van der Waals surface area contributed by atoms with Gasteiger partial charge < -0.3 is 10.1 Å². The minimum atomic E-state index is 0.391. The van der Waals surface area contributed by atoms with Crippen molar-refractivity contribution < 1.29 is 4.74 Å². The highest BCUT2D eigenvalue weighted by Gasteiger charge is 2.21. The predicted octanol–water partition coefficient (Wildman–Crippen LogP) is 4.10. The minimum absolute atomic E-state index is 0.391. The van der Waals surface area contributed by atoms with Gasteiger partial charge in [0.05, 0.1) is 12.2 Å². The molecule has 3 unspecified atom stereocenters. The number of hydrogen-bond acceptors (Lipinski definition) is 2. The summed E-state index contributed by atoms with van der Waals surface area (Å²) in [5, 5.41) is 3.60. The zero-order valence-corrected chi connectivity index (χ0v) is 13.4. The summed E-state index contributed by atoms with van der Waals surface area (Å²) in [5.74, 6) is 0.720. The van der Waals surface area contributed by atoms with Crippen LogP contribution in [0.15, 0.2) is 24.3 Å². The largest absolute Gasteiger partial charge is 0.374 e. The van der Waals surface area contributed by atoms with E-state index in [1.54, 1.807) is 0 Å². The second-order valence-electron chi connectivity index (χ2n) is 6.62. The third kappa shape index (κ3) is 4.60. The van der Waals surface area contributed by atoms with E-state index in [0.29, 0.717) is 18.2 Å². The van der Waals surface area contributed by atoms with Gasteiger partial charge in [0, 0.05) is 12.6 Å². The Hall–Kier alpha value is -0.860. The summed E-state index contributed by atoms with van der Waals surface area (Å²) >= 11 is 0. The van der Waals surface area contributed by atoms with Gasteiger partial charge in [-0.3, -0.25) is 0 Å². The second kappa shape index (κ2) is 7.24. The molecule has 0 saturated carbocycles. The molecule has 1 N–H and O–H groups in total. The lowest BCUT2D eigenvalue weighted by Gasteiger charge is -2.18. The quantitative estimate of drug-likeness (QED) is 0.844. The van der Waals surface area contributed by atoms with Crippen LogP contribution in [-0.4, -0.2) is 18.8 Å². The van der Waals surface area contributed by atoms with E-state index < -0.39 is 0 Å². The van der Waals surface area contributed by atoms with Crippen molar-refractivity contribution in [3.63, 3.8) is 0 Å². The Labute approximate surface area is 123 Å². The highest BCUT2D eigenvalue weighted by molar-refractivity contribution is 5.25. The van der Waals surface area contributed by atoms with Crippen LogP contribution in [0, 0.1) is 5.92 Å². The van der Waals surface area contributed by atoms with E-state index in [4.69, 9.17) is 4.74 Å². The second-order valence-corrected chi connectivity index (χ2v) is 6.62. The first kappa shape index (κ1) is 15.5. The molecule has 20 heavy (non-hydrogen) atoms. The third-order valence-electron chi connectivity index (χ3n) is 4.10. The van der Waals surface area contributed by atoms with Crippen LogP contribution in [0.2, 0.25) is 0 Å². The van der Waals surface area contributed by atoms with Gasteiger partial charge >= 0.3 is 0 Å². The predicted molar refractivity (Wildman–Crippen MR) is 85.0 cm³/mol. The van der Waals surface area contributed by atoms with E-state index in [1.807, 2.05) is 0 Å². The maximum absolute atomic E-state index is 5.85. The van der Waals surface area contributed by atoms with E-state index in [2.05, 4.69) is 57.3 Å². The lowest BCUT2D eigenvalue weighted by Crippen LogP contribution is -2.29. The molecular weight excluding hydrogens is 246 g/mol. The molecule has 1 heterocycles.